The summed E-state index contributed by atoms with van der Waals surface area (Å²) in [6, 6.07) is 4.14. The summed E-state index contributed by atoms with van der Waals surface area (Å²) in [6.45, 7) is 10.2. The van der Waals surface area contributed by atoms with Gasteiger partial charge in [-0.25, -0.2) is 0 Å². The maximum Gasteiger partial charge on any atom is 0.166 e. The van der Waals surface area contributed by atoms with Gasteiger partial charge >= 0.3 is 0 Å². The highest BCUT2D eigenvalue weighted by atomic mass is 16.5. The molecule has 1 aromatic rings. The van der Waals surface area contributed by atoms with E-state index in [9.17, 15) is 15.3 Å². The summed E-state index contributed by atoms with van der Waals surface area (Å²) in [5, 5.41) is 34.8. The van der Waals surface area contributed by atoms with Crippen molar-refractivity contribution in [1.29, 1.82) is 0 Å². The highest BCUT2D eigenvalue weighted by molar-refractivity contribution is 5.69. The summed E-state index contributed by atoms with van der Waals surface area (Å²) in [5.41, 5.74) is 2.12. The van der Waals surface area contributed by atoms with Gasteiger partial charge in [-0.05, 0) is 61.1 Å². The van der Waals surface area contributed by atoms with Crippen LogP contribution in [0.4, 0.5) is 0 Å². The molecular formula is C27H35NO4. The molecule has 8 rings (SSSR count). The summed E-state index contributed by atoms with van der Waals surface area (Å²) >= 11 is 0. The number of ether oxygens (including phenoxy) is 1. The van der Waals surface area contributed by atoms with Gasteiger partial charge in [-0.1, -0.05) is 32.4 Å². The minimum atomic E-state index is -1.13. The van der Waals surface area contributed by atoms with Crippen LogP contribution in [0.1, 0.15) is 64.5 Å². The average Bonchev–Trinajstić information content (AvgIpc) is 3.43. The van der Waals surface area contributed by atoms with Crippen molar-refractivity contribution in [2.75, 3.05) is 13.1 Å². The number of phenols is 1. The van der Waals surface area contributed by atoms with E-state index in [0.717, 1.165) is 37.4 Å². The lowest BCUT2D eigenvalue weighted by molar-refractivity contribution is -0.232. The number of rotatable bonds is 3. The van der Waals surface area contributed by atoms with Gasteiger partial charge in [-0.2, -0.15) is 0 Å². The van der Waals surface area contributed by atoms with E-state index < -0.39 is 22.7 Å². The molecule has 3 N–H and O–H groups in total. The molecule has 7 aliphatic rings. The number of nitrogens with zero attached hydrogens (tertiary/aromatic N) is 1. The minimum Gasteiger partial charge on any atom is -0.504 e. The molecule has 4 unspecified atom stereocenters. The van der Waals surface area contributed by atoms with Crippen LogP contribution in [0.15, 0.2) is 23.3 Å². The van der Waals surface area contributed by atoms with Crippen LogP contribution in [0.2, 0.25) is 0 Å². The third kappa shape index (κ3) is 2.04. The third-order valence-electron chi connectivity index (χ3n) is 10.2. The molecule has 5 nitrogen and oxygen atoms in total. The number of likely N-dealkylation sites (tertiary alicyclic amines) is 1. The maximum atomic E-state index is 12.2. The number of aliphatic hydroxyl groups is 2. The van der Waals surface area contributed by atoms with Gasteiger partial charge in [0.1, 0.15) is 11.7 Å². The van der Waals surface area contributed by atoms with Crippen LogP contribution in [0.3, 0.4) is 0 Å². The van der Waals surface area contributed by atoms with Gasteiger partial charge in [0.15, 0.2) is 11.5 Å². The molecule has 2 saturated carbocycles. The Hall–Kier alpha value is -1.56. The molecule has 5 aliphatic carbocycles. The Labute approximate surface area is 190 Å². The molecule has 1 saturated heterocycles. The molecule has 0 radical (unpaired) electrons. The monoisotopic (exact) mass is 437 g/mol. The van der Waals surface area contributed by atoms with E-state index in [1.807, 2.05) is 6.92 Å². The number of hydrogen-bond donors (Lipinski definition) is 3. The Balaban J connectivity index is 1.48. The standard InChI is InChI=1S/C27H35NO4/c1-24(2,3)25(4,30)22-16-12-27(22,31)23-26-9-10-28(13-14-5-6-14)17(20(16)26)11-15-7-8-18(29)21(32-23)19(15)26/h7-8,14,17,22-23,29-31H,5-6,9-13H2,1-4H3/t17?,22-,23?,25?,26?,27-/m1/s1. The van der Waals surface area contributed by atoms with Crippen molar-refractivity contribution >= 4 is 0 Å². The zero-order chi connectivity index (χ0) is 22.4. The molecular weight excluding hydrogens is 402 g/mol. The predicted molar refractivity (Wildman–Crippen MR) is 121 cm³/mol. The van der Waals surface area contributed by atoms with E-state index in [1.165, 1.54) is 29.6 Å². The first-order valence-corrected chi connectivity index (χ1v) is 12.4. The largest absolute Gasteiger partial charge is 0.504 e. The topological polar surface area (TPSA) is 73.2 Å². The predicted octanol–water partition coefficient (Wildman–Crippen LogP) is 3.29. The Morgan fingerprint density at radius 2 is 1.94 bits per heavy atom. The summed E-state index contributed by atoms with van der Waals surface area (Å²) in [6.07, 6.45) is 4.63. The molecule has 6 atom stereocenters. The van der Waals surface area contributed by atoms with Crippen LogP contribution in [0.5, 0.6) is 11.5 Å². The SMILES string of the molecule is CC(C)(C)C(C)(O)[C@H]1C2=C3C4Cc5ccc(O)c6c5C3(CCN4CC3CC3)C(O6)[C@@]1(O)C2. The van der Waals surface area contributed by atoms with Crippen molar-refractivity contribution in [1.82, 2.24) is 4.90 Å². The lowest BCUT2D eigenvalue weighted by atomic mass is 9.39. The summed E-state index contributed by atoms with van der Waals surface area (Å²) in [4.78, 5) is 2.68. The zero-order valence-corrected chi connectivity index (χ0v) is 19.6. The summed E-state index contributed by atoms with van der Waals surface area (Å²) < 4.78 is 6.57. The second-order valence-corrected chi connectivity index (χ2v) is 12.8. The summed E-state index contributed by atoms with van der Waals surface area (Å²) in [5.74, 6) is 1.23. The second kappa shape index (κ2) is 5.56. The van der Waals surface area contributed by atoms with Gasteiger partial charge in [0.25, 0.3) is 0 Å². The van der Waals surface area contributed by atoms with E-state index in [2.05, 4.69) is 31.7 Å². The van der Waals surface area contributed by atoms with E-state index >= 15 is 0 Å². The molecule has 0 amide bonds. The fourth-order valence-electron chi connectivity index (χ4n) is 8.12. The molecule has 2 aliphatic heterocycles. The number of aromatic hydroxyl groups is 1. The number of hydrogen-bond acceptors (Lipinski definition) is 5. The number of piperidine rings is 1. The van der Waals surface area contributed by atoms with Crippen LogP contribution in [0.25, 0.3) is 0 Å². The minimum absolute atomic E-state index is 0.177. The average molecular weight is 438 g/mol. The maximum absolute atomic E-state index is 12.2. The fraction of sp³-hybridized carbons (Fsp3) is 0.704. The molecule has 2 heterocycles. The first-order valence-electron chi connectivity index (χ1n) is 12.4. The molecule has 0 aromatic heterocycles. The third-order valence-corrected chi connectivity index (χ3v) is 10.2. The Morgan fingerprint density at radius 3 is 2.62 bits per heavy atom. The van der Waals surface area contributed by atoms with Crippen LogP contribution >= 0.6 is 0 Å². The second-order valence-electron chi connectivity index (χ2n) is 12.8. The summed E-state index contributed by atoms with van der Waals surface area (Å²) in [7, 11) is 0. The zero-order valence-electron chi connectivity index (χ0n) is 19.6. The quantitative estimate of drug-likeness (QED) is 0.633. The molecule has 1 spiro atoms. The highest BCUT2D eigenvalue weighted by Crippen LogP contribution is 2.73. The highest BCUT2D eigenvalue weighted by Gasteiger charge is 2.77. The van der Waals surface area contributed by atoms with Crippen molar-refractivity contribution in [3.8, 4) is 11.5 Å². The van der Waals surface area contributed by atoms with E-state index in [1.54, 1.807) is 6.07 Å². The van der Waals surface area contributed by atoms with Crippen molar-refractivity contribution in [3.05, 3.63) is 34.4 Å². The normalized spacial score (nSPS) is 41.0. The van der Waals surface area contributed by atoms with Crippen molar-refractivity contribution < 1.29 is 20.1 Å². The first kappa shape index (κ1) is 19.9. The molecule has 3 fully saturated rings. The van der Waals surface area contributed by atoms with Crippen LogP contribution < -0.4 is 4.74 Å². The van der Waals surface area contributed by atoms with Gasteiger partial charge < -0.3 is 20.1 Å². The van der Waals surface area contributed by atoms with E-state index in [-0.39, 0.29) is 17.1 Å². The molecule has 172 valence electrons. The van der Waals surface area contributed by atoms with E-state index in [0.29, 0.717) is 18.2 Å². The van der Waals surface area contributed by atoms with Gasteiger partial charge in [0, 0.05) is 37.0 Å². The number of phenolic OH excluding ortho intramolecular Hbond substituents is 1. The molecule has 4 bridgehead atoms. The van der Waals surface area contributed by atoms with Crippen molar-refractivity contribution in [2.24, 2.45) is 17.3 Å². The number of benzene rings is 1. The molecule has 1 aromatic carbocycles. The lowest BCUT2D eigenvalue weighted by Crippen LogP contribution is -2.78. The van der Waals surface area contributed by atoms with Crippen molar-refractivity contribution in [2.45, 2.75) is 88.6 Å². The van der Waals surface area contributed by atoms with Gasteiger partial charge in [0.05, 0.1) is 11.0 Å². The fourth-order valence-corrected chi connectivity index (χ4v) is 8.12. The Kier molecular flexibility index (Phi) is 3.45. The van der Waals surface area contributed by atoms with Crippen molar-refractivity contribution in [3.63, 3.8) is 0 Å². The van der Waals surface area contributed by atoms with Gasteiger partial charge in [-0.3, -0.25) is 4.90 Å². The van der Waals surface area contributed by atoms with Gasteiger partial charge in [-0.15, -0.1) is 0 Å². The first-order chi connectivity index (χ1) is 15.0. The molecule has 5 heteroatoms. The van der Waals surface area contributed by atoms with E-state index in [4.69, 9.17) is 4.74 Å². The van der Waals surface area contributed by atoms with Crippen LogP contribution in [-0.4, -0.2) is 56.7 Å². The van der Waals surface area contributed by atoms with Crippen LogP contribution in [0, 0.1) is 17.3 Å². The van der Waals surface area contributed by atoms with Gasteiger partial charge in [0.2, 0.25) is 0 Å². The molecule has 32 heavy (non-hydrogen) atoms. The smallest absolute Gasteiger partial charge is 0.166 e. The Bertz CT molecular complexity index is 1080. The lowest BCUT2D eigenvalue weighted by Gasteiger charge is -2.69. The van der Waals surface area contributed by atoms with Crippen LogP contribution in [-0.2, 0) is 11.8 Å². The Morgan fingerprint density at radius 1 is 1.19 bits per heavy atom.